The van der Waals surface area contributed by atoms with Gasteiger partial charge in [0.25, 0.3) is 0 Å². The Bertz CT molecular complexity index is 760. The molecule has 0 radical (unpaired) electrons. The van der Waals surface area contributed by atoms with Crippen molar-refractivity contribution < 1.29 is 22.0 Å². The first-order valence-corrected chi connectivity index (χ1v) is 8.05. The minimum Gasteiger partial charge on any atom is -0.354 e. The van der Waals surface area contributed by atoms with E-state index in [4.69, 9.17) is 0 Å². The molecule has 26 heavy (non-hydrogen) atoms. The molecule has 140 valence electrons. The number of hydrogen-bond acceptors (Lipinski definition) is 4. The summed E-state index contributed by atoms with van der Waals surface area (Å²) in [6.45, 7) is 3.71. The zero-order chi connectivity index (χ0) is 18.9. The van der Waals surface area contributed by atoms with Crippen LogP contribution in [0.3, 0.4) is 0 Å². The van der Waals surface area contributed by atoms with Gasteiger partial charge in [-0.05, 0) is 24.6 Å². The summed E-state index contributed by atoms with van der Waals surface area (Å²) in [6.07, 6.45) is -3.61. The molecule has 1 atom stereocenters. The summed E-state index contributed by atoms with van der Waals surface area (Å²) < 4.78 is 65.1. The van der Waals surface area contributed by atoms with Crippen molar-refractivity contribution in [2.24, 2.45) is 0 Å². The summed E-state index contributed by atoms with van der Waals surface area (Å²) in [5, 5.41) is 0. The molecule has 2 heterocycles. The van der Waals surface area contributed by atoms with Crippen molar-refractivity contribution in [3.05, 3.63) is 53.5 Å². The average Bonchev–Trinajstić information content (AvgIpc) is 2.55. The number of hydrogen-bond donors (Lipinski definition) is 0. The van der Waals surface area contributed by atoms with Crippen molar-refractivity contribution in [1.82, 2.24) is 14.9 Å². The molecule has 2 aromatic rings. The second-order valence-corrected chi connectivity index (χ2v) is 6.30. The van der Waals surface area contributed by atoms with Gasteiger partial charge in [-0.2, -0.15) is 13.2 Å². The molecular weight excluding hydrogens is 355 g/mol. The zero-order valence-corrected chi connectivity index (χ0v) is 14.0. The monoisotopic (exact) mass is 372 g/mol. The molecule has 0 spiro atoms. The maximum absolute atomic E-state index is 13.3. The van der Waals surface area contributed by atoms with E-state index in [1.807, 2.05) is 11.8 Å². The van der Waals surface area contributed by atoms with Crippen molar-refractivity contribution in [2.75, 3.05) is 24.5 Å². The number of benzene rings is 1. The van der Waals surface area contributed by atoms with Gasteiger partial charge >= 0.3 is 6.18 Å². The highest BCUT2D eigenvalue weighted by atomic mass is 19.4. The normalized spacial score (nSPS) is 19.0. The number of anilines is 1. The summed E-state index contributed by atoms with van der Waals surface area (Å²) in [5.41, 5.74) is -0.461. The largest absolute Gasteiger partial charge is 0.433 e. The van der Waals surface area contributed by atoms with E-state index in [-0.39, 0.29) is 11.9 Å². The summed E-state index contributed by atoms with van der Waals surface area (Å²) >= 11 is 0. The van der Waals surface area contributed by atoms with Gasteiger partial charge in [-0.1, -0.05) is 0 Å². The minimum atomic E-state index is -4.52. The second-order valence-electron chi connectivity index (χ2n) is 6.30. The lowest BCUT2D eigenvalue weighted by molar-refractivity contribution is -0.141. The van der Waals surface area contributed by atoms with Gasteiger partial charge in [0.05, 0.1) is 0 Å². The van der Waals surface area contributed by atoms with Gasteiger partial charge in [-0.25, -0.2) is 18.7 Å². The van der Waals surface area contributed by atoms with Gasteiger partial charge in [0, 0.05) is 44.4 Å². The molecule has 1 aliphatic rings. The van der Waals surface area contributed by atoms with Crippen LogP contribution >= 0.6 is 0 Å². The van der Waals surface area contributed by atoms with Gasteiger partial charge in [0.1, 0.15) is 29.5 Å². The smallest absolute Gasteiger partial charge is 0.354 e. The standard InChI is InChI=1S/C17H17F5N4/c1-11-8-26(16-7-15(17(20,21)22)23-10-24-16)3-2-25(11)9-12-4-13(18)6-14(19)5-12/h4-7,10-11H,2-3,8-9H2,1H3. The van der Waals surface area contributed by atoms with E-state index in [1.165, 1.54) is 12.1 Å². The molecule has 4 nitrogen and oxygen atoms in total. The van der Waals surface area contributed by atoms with Gasteiger partial charge in [-0.15, -0.1) is 0 Å². The lowest BCUT2D eigenvalue weighted by atomic mass is 10.1. The van der Waals surface area contributed by atoms with Gasteiger partial charge < -0.3 is 4.90 Å². The van der Waals surface area contributed by atoms with E-state index in [0.717, 1.165) is 18.5 Å². The van der Waals surface area contributed by atoms with E-state index in [9.17, 15) is 22.0 Å². The Labute approximate surface area is 147 Å². The quantitative estimate of drug-likeness (QED) is 0.773. The van der Waals surface area contributed by atoms with Gasteiger partial charge in [0.2, 0.25) is 0 Å². The molecule has 0 N–H and O–H groups in total. The molecule has 0 aliphatic carbocycles. The van der Waals surface area contributed by atoms with Crippen molar-refractivity contribution in [1.29, 1.82) is 0 Å². The lowest BCUT2D eigenvalue weighted by Crippen LogP contribution is -2.51. The first kappa shape index (κ1) is 18.5. The Morgan fingerprint density at radius 2 is 1.73 bits per heavy atom. The number of aromatic nitrogens is 2. The Kier molecular flexibility index (Phi) is 5.08. The molecular formula is C17H17F5N4. The minimum absolute atomic E-state index is 0.0284. The Hall–Kier alpha value is -2.29. The molecule has 0 bridgehead atoms. The first-order valence-electron chi connectivity index (χ1n) is 8.05. The number of nitrogens with zero attached hydrogens (tertiary/aromatic N) is 4. The van der Waals surface area contributed by atoms with Crippen LogP contribution in [0.5, 0.6) is 0 Å². The average molecular weight is 372 g/mol. The zero-order valence-electron chi connectivity index (χ0n) is 14.0. The number of rotatable bonds is 3. The summed E-state index contributed by atoms with van der Waals surface area (Å²) in [5.74, 6) is -1.05. The molecule has 9 heteroatoms. The SMILES string of the molecule is CC1CN(c2cc(C(F)(F)F)ncn2)CCN1Cc1cc(F)cc(F)c1. The van der Waals surface area contributed by atoms with Crippen LogP contribution in [0.2, 0.25) is 0 Å². The number of piperazine rings is 1. The topological polar surface area (TPSA) is 32.3 Å². The Balaban J connectivity index is 1.69. The molecule has 1 aromatic carbocycles. The van der Waals surface area contributed by atoms with E-state index in [1.54, 1.807) is 4.90 Å². The van der Waals surface area contributed by atoms with Crippen LogP contribution in [0.15, 0.2) is 30.6 Å². The Morgan fingerprint density at radius 3 is 2.35 bits per heavy atom. The summed E-state index contributed by atoms with van der Waals surface area (Å²) in [7, 11) is 0. The van der Waals surface area contributed by atoms with Crippen LogP contribution in [0.25, 0.3) is 0 Å². The first-order chi connectivity index (χ1) is 12.2. The van der Waals surface area contributed by atoms with Crippen LogP contribution < -0.4 is 4.90 Å². The van der Waals surface area contributed by atoms with E-state index >= 15 is 0 Å². The number of alkyl halides is 3. The molecule has 0 amide bonds. The van der Waals surface area contributed by atoms with Crippen molar-refractivity contribution in [3.8, 4) is 0 Å². The third-order valence-corrected chi connectivity index (χ3v) is 4.34. The second kappa shape index (κ2) is 7.14. The molecule has 1 fully saturated rings. The van der Waals surface area contributed by atoms with Crippen LogP contribution in [0.4, 0.5) is 27.8 Å². The predicted molar refractivity (Wildman–Crippen MR) is 85.5 cm³/mol. The fourth-order valence-electron chi connectivity index (χ4n) is 3.05. The van der Waals surface area contributed by atoms with Crippen LogP contribution in [0.1, 0.15) is 18.2 Å². The third-order valence-electron chi connectivity index (χ3n) is 4.34. The van der Waals surface area contributed by atoms with Crippen LogP contribution in [-0.4, -0.2) is 40.5 Å². The maximum Gasteiger partial charge on any atom is 0.433 e. The van der Waals surface area contributed by atoms with Crippen LogP contribution in [-0.2, 0) is 12.7 Å². The molecule has 1 saturated heterocycles. The molecule has 0 saturated carbocycles. The molecule has 1 aliphatic heterocycles. The third kappa shape index (κ3) is 4.27. The van der Waals surface area contributed by atoms with Crippen LogP contribution in [0, 0.1) is 11.6 Å². The highest BCUT2D eigenvalue weighted by Gasteiger charge is 2.34. The summed E-state index contributed by atoms with van der Waals surface area (Å²) in [6, 6.07) is 4.28. The highest BCUT2D eigenvalue weighted by Crippen LogP contribution is 2.29. The molecule has 1 aromatic heterocycles. The van der Waals surface area contributed by atoms with Crippen molar-refractivity contribution in [2.45, 2.75) is 25.7 Å². The molecule has 3 rings (SSSR count). The van der Waals surface area contributed by atoms with E-state index in [0.29, 0.717) is 31.7 Å². The maximum atomic E-state index is 13.3. The lowest BCUT2D eigenvalue weighted by Gasteiger charge is -2.40. The highest BCUT2D eigenvalue weighted by molar-refractivity contribution is 5.40. The van der Waals surface area contributed by atoms with Crippen molar-refractivity contribution in [3.63, 3.8) is 0 Å². The molecule has 1 unspecified atom stereocenters. The van der Waals surface area contributed by atoms with Gasteiger partial charge in [0.15, 0.2) is 0 Å². The van der Waals surface area contributed by atoms with E-state index in [2.05, 4.69) is 9.97 Å². The van der Waals surface area contributed by atoms with E-state index < -0.39 is 23.5 Å². The Morgan fingerprint density at radius 1 is 1.04 bits per heavy atom. The summed E-state index contributed by atoms with van der Waals surface area (Å²) in [4.78, 5) is 11.0. The number of halogens is 5. The fraction of sp³-hybridized carbons (Fsp3) is 0.412. The van der Waals surface area contributed by atoms with Crippen molar-refractivity contribution >= 4 is 5.82 Å². The fourth-order valence-corrected chi connectivity index (χ4v) is 3.05. The van der Waals surface area contributed by atoms with Gasteiger partial charge in [-0.3, -0.25) is 4.90 Å². The predicted octanol–water partition coefficient (Wildman–Crippen LogP) is 3.48.